The van der Waals surface area contributed by atoms with Crippen molar-refractivity contribution in [3.8, 4) is 16.3 Å². The zero-order chi connectivity index (χ0) is 13.8. The van der Waals surface area contributed by atoms with Crippen molar-refractivity contribution in [3.05, 3.63) is 24.3 Å². The summed E-state index contributed by atoms with van der Waals surface area (Å²) in [5.41, 5.74) is 6.35. The van der Waals surface area contributed by atoms with E-state index < -0.39 is 6.04 Å². The summed E-state index contributed by atoms with van der Waals surface area (Å²) < 4.78 is 5.15. The third-order valence-corrected chi connectivity index (χ3v) is 3.27. The normalized spacial score (nSPS) is 11.9. The largest absolute Gasteiger partial charge is 0.497 e. The molecule has 0 spiro atoms. The van der Waals surface area contributed by atoms with Crippen molar-refractivity contribution in [2.45, 2.75) is 13.0 Å². The predicted octanol–water partition coefficient (Wildman–Crippen LogP) is 1.50. The fourth-order valence-corrected chi connectivity index (χ4v) is 2.11. The van der Waals surface area contributed by atoms with Gasteiger partial charge in [-0.3, -0.25) is 10.1 Å². The second-order valence-electron chi connectivity index (χ2n) is 3.92. The van der Waals surface area contributed by atoms with Gasteiger partial charge in [-0.25, -0.2) is 0 Å². The minimum Gasteiger partial charge on any atom is -0.497 e. The molecule has 1 amide bonds. The molecule has 19 heavy (non-hydrogen) atoms. The van der Waals surface area contributed by atoms with Gasteiger partial charge in [-0.05, 0) is 19.1 Å². The average Bonchev–Trinajstić information content (AvgIpc) is 2.87. The van der Waals surface area contributed by atoms with Gasteiger partial charge in [-0.2, -0.15) is 0 Å². The highest BCUT2D eigenvalue weighted by Crippen LogP contribution is 2.28. The highest BCUT2D eigenvalue weighted by atomic mass is 32.1. The molecule has 2 rings (SSSR count). The molecule has 7 heteroatoms. The third kappa shape index (κ3) is 3.27. The average molecular weight is 278 g/mol. The van der Waals surface area contributed by atoms with Gasteiger partial charge in [0, 0.05) is 5.56 Å². The van der Waals surface area contributed by atoms with Crippen molar-refractivity contribution in [3.63, 3.8) is 0 Å². The van der Waals surface area contributed by atoms with Gasteiger partial charge in [0.05, 0.1) is 13.2 Å². The van der Waals surface area contributed by atoms with E-state index in [0.717, 1.165) is 11.3 Å². The maximum atomic E-state index is 11.4. The Morgan fingerprint density at radius 3 is 2.95 bits per heavy atom. The fraction of sp³-hybridized carbons (Fsp3) is 0.250. The number of methoxy groups -OCH3 is 1. The van der Waals surface area contributed by atoms with E-state index in [1.54, 1.807) is 14.0 Å². The van der Waals surface area contributed by atoms with Gasteiger partial charge in [-0.15, -0.1) is 10.2 Å². The summed E-state index contributed by atoms with van der Waals surface area (Å²) in [5, 5.41) is 11.7. The minimum absolute atomic E-state index is 0.284. The van der Waals surface area contributed by atoms with Crippen LogP contribution in [0.3, 0.4) is 0 Å². The van der Waals surface area contributed by atoms with Crippen LogP contribution in [-0.2, 0) is 4.79 Å². The van der Waals surface area contributed by atoms with Crippen LogP contribution in [0.4, 0.5) is 5.13 Å². The molecule has 0 bridgehead atoms. The summed E-state index contributed by atoms with van der Waals surface area (Å²) in [4.78, 5) is 11.4. The van der Waals surface area contributed by atoms with Crippen molar-refractivity contribution in [2.75, 3.05) is 12.4 Å². The molecule has 3 N–H and O–H groups in total. The summed E-state index contributed by atoms with van der Waals surface area (Å²) in [7, 11) is 1.60. The van der Waals surface area contributed by atoms with Crippen LogP contribution in [0.1, 0.15) is 6.92 Å². The molecule has 2 aromatic rings. The number of nitrogens with zero attached hydrogens (tertiary/aromatic N) is 2. The first-order valence-electron chi connectivity index (χ1n) is 5.64. The number of rotatable bonds is 4. The van der Waals surface area contributed by atoms with E-state index in [2.05, 4.69) is 15.5 Å². The van der Waals surface area contributed by atoms with E-state index in [-0.39, 0.29) is 5.91 Å². The van der Waals surface area contributed by atoms with E-state index in [1.807, 2.05) is 24.3 Å². The molecule has 1 aromatic heterocycles. The van der Waals surface area contributed by atoms with Crippen LogP contribution in [0.5, 0.6) is 5.75 Å². The number of nitrogens with one attached hydrogen (secondary N) is 1. The van der Waals surface area contributed by atoms with Gasteiger partial charge in [-0.1, -0.05) is 23.5 Å². The molecule has 0 fully saturated rings. The van der Waals surface area contributed by atoms with E-state index in [4.69, 9.17) is 10.5 Å². The Morgan fingerprint density at radius 2 is 2.26 bits per heavy atom. The zero-order valence-electron chi connectivity index (χ0n) is 10.6. The molecule has 0 saturated heterocycles. The van der Waals surface area contributed by atoms with Crippen molar-refractivity contribution in [1.29, 1.82) is 0 Å². The molecule has 0 aliphatic rings. The highest BCUT2D eigenvalue weighted by molar-refractivity contribution is 7.18. The van der Waals surface area contributed by atoms with Gasteiger partial charge in [0.15, 0.2) is 0 Å². The Hall–Kier alpha value is -1.99. The minimum atomic E-state index is -0.579. The summed E-state index contributed by atoms with van der Waals surface area (Å²) in [5.74, 6) is 0.460. The molecular weight excluding hydrogens is 264 g/mol. The molecule has 1 unspecified atom stereocenters. The predicted molar refractivity (Wildman–Crippen MR) is 74.2 cm³/mol. The van der Waals surface area contributed by atoms with Crippen molar-refractivity contribution >= 4 is 22.4 Å². The number of hydrogen-bond acceptors (Lipinski definition) is 6. The van der Waals surface area contributed by atoms with E-state index in [1.165, 1.54) is 11.3 Å². The van der Waals surface area contributed by atoms with Crippen molar-refractivity contribution in [2.24, 2.45) is 5.73 Å². The summed E-state index contributed by atoms with van der Waals surface area (Å²) in [6.45, 7) is 1.61. The topological polar surface area (TPSA) is 90.1 Å². The van der Waals surface area contributed by atoms with Crippen molar-refractivity contribution < 1.29 is 9.53 Å². The lowest BCUT2D eigenvalue weighted by molar-refractivity contribution is -0.117. The number of hydrogen-bond donors (Lipinski definition) is 2. The fourth-order valence-electron chi connectivity index (χ4n) is 1.37. The first kappa shape index (κ1) is 13.4. The number of benzene rings is 1. The smallest absolute Gasteiger partial charge is 0.242 e. The standard InChI is InChI=1S/C12H14N4O2S/c1-7(13)10(17)14-12-16-15-11(19-12)8-4-3-5-9(6-8)18-2/h3-7H,13H2,1-2H3,(H,14,16,17). The van der Waals surface area contributed by atoms with Crippen LogP contribution >= 0.6 is 11.3 Å². The number of anilines is 1. The molecule has 0 saturated carbocycles. The lowest BCUT2D eigenvalue weighted by Crippen LogP contribution is -2.32. The summed E-state index contributed by atoms with van der Waals surface area (Å²) in [6.07, 6.45) is 0. The zero-order valence-corrected chi connectivity index (χ0v) is 11.4. The Bertz CT molecular complexity index is 583. The van der Waals surface area contributed by atoms with Crippen LogP contribution in [0.25, 0.3) is 10.6 Å². The first-order chi connectivity index (χ1) is 9.10. The molecule has 1 heterocycles. The number of carbonyl (C=O) groups is 1. The van der Waals surface area contributed by atoms with Crippen LogP contribution < -0.4 is 15.8 Å². The second-order valence-corrected chi connectivity index (χ2v) is 4.90. The van der Waals surface area contributed by atoms with Crippen LogP contribution in [0.2, 0.25) is 0 Å². The lowest BCUT2D eigenvalue weighted by atomic mass is 10.2. The maximum absolute atomic E-state index is 11.4. The maximum Gasteiger partial charge on any atom is 0.242 e. The van der Waals surface area contributed by atoms with Crippen LogP contribution in [0.15, 0.2) is 24.3 Å². The van der Waals surface area contributed by atoms with Gasteiger partial charge in [0.25, 0.3) is 0 Å². The number of carbonyl (C=O) groups excluding carboxylic acids is 1. The molecule has 0 aliphatic heterocycles. The number of ether oxygens (including phenoxy) is 1. The molecular formula is C12H14N4O2S. The van der Waals surface area contributed by atoms with Gasteiger partial charge >= 0.3 is 0 Å². The molecule has 1 aromatic carbocycles. The Morgan fingerprint density at radius 1 is 1.47 bits per heavy atom. The Balaban J connectivity index is 2.18. The van der Waals surface area contributed by atoms with E-state index in [0.29, 0.717) is 10.1 Å². The molecule has 6 nitrogen and oxygen atoms in total. The summed E-state index contributed by atoms with van der Waals surface area (Å²) in [6, 6.07) is 6.90. The van der Waals surface area contributed by atoms with Crippen LogP contribution in [-0.4, -0.2) is 29.3 Å². The highest BCUT2D eigenvalue weighted by Gasteiger charge is 2.12. The molecule has 0 aliphatic carbocycles. The van der Waals surface area contributed by atoms with E-state index >= 15 is 0 Å². The second kappa shape index (κ2) is 5.77. The van der Waals surface area contributed by atoms with Gasteiger partial charge in [0.2, 0.25) is 11.0 Å². The number of nitrogens with two attached hydrogens (primary N) is 1. The third-order valence-electron chi connectivity index (χ3n) is 2.39. The number of amides is 1. The SMILES string of the molecule is COc1cccc(-c2nnc(NC(=O)C(C)N)s2)c1. The number of aromatic nitrogens is 2. The monoisotopic (exact) mass is 278 g/mol. The molecule has 1 atom stereocenters. The lowest BCUT2D eigenvalue weighted by Gasteiger charge is -2.02. The first-order valence-corrected chi connectivity index (χ1v) is 6.46. The van der Waals surface area contributed by atoms with Crippen molar-refractivity contribution in [1.82, 2.24) is 10.2 Å². The Labute approximate surface area is 114 Å². The molecule has 0 radical (unpaired) electrons. The summed E-state index contributed by atoms with van der Waals surface area (Å²) >= 11 is 1.29. The van der Waals surface area contributed by atoms with Crippen LogP contribution in [0, 0.1) is 0 Å². The molecule has 100 valence electrons. The van der Waals surface area contributed by atoms with E-state index in [9.17, 15) is 4.79 Å². The quantitative estimate of drug-likeness (QED) is 0.884. The van der Waals surface area contributed by atoms with Gasteiger partial charge < -0.3 is 10.5 Å². The van der Waals surface area contributed by atoms with Gasteiger partial charge in [0.1, 0.15) is 10.8 Å². The Kier molecular flexibility index (Phi) is 4.08.